The van der Waals surface area contributed by atoms with Crippen LogP contribution in [0.4, 0.5) is 0 Å². The minimum atomic E-state index is -1.12. The van der Waals surface area contributed by atoms with Gasteiger partial charge in [-0.2, -0.15) is 0 Å². The zero-order valence-corrected chi connectivity index (χ0v) is 43.0. The first-order chi connectivity index (χ1) is 31.1. The third kappa shape index (κ3) is 45.0. The molecule has 0 radical (unpaired) electrons. The highest BCUT2D eigenvalue weighted by Gasteiger charge is 2.25. The van der Waals surface area contributed by atoms with Gasteiger partial charge in [-0.15, -0.1) is 0 Å². The van der Waals surface area contributed by atoms with Crippen molar-refractivity contribution in [2.45, 2.75) is 276 Å². The molecule has 0 heterocycles. The molecule has 2 unspecified atom stereocenters. The molecule has 376 valence electrons. The number of allylic oxidation sites excluding steroid dienone is 4. The van der Waals surface area contributed by atoms with E-state index in [0.717, 1.165) is 38.5 Å². The Kier molecular flexibility index (Phi) is 45.7. The molecule has 8 nitrogen and oxygen atoms in total. The summed E-state index contributed by atoms with van der Waals surface area (Å²) in [5.41, 5.74) is 0. The van der Waals surface area contributed by atoms with Crippen LogP contribution in [0.25, 0.3) is 0 Å². The zero-order chi connectivity index (χ0) is 47.0. The largest absolute Gasteiger partial charge is 0.544 e. The van der Waals surface area contributed by atoms with Gasteiger partial charge in [-0.25, -0.2) is 0 Å². The van der Waals surface area contributed by atoms with E-state index >= 15 is 0 Å². The van der Waals surface area contributed by atoms with Crippen LogP contribution in [0.3, 0.4) is 0 Å². The Balaban J connectivity index is 4.18. The van der Waals surface area contributed by atoms with Crippen molar-refractivity contribution in [1.82, 2.24) is 0 Å². The van der Waals surface area contributed by atoms with Gasteiger partial charge in [-0.3, -0.25) is 9.59 Å². The molecule has 0 saturated carbocycles. The number of likely N-dealkylation sites (N-methyl/N-ethyl adjacent to an activating group) is 1. The summed E-state index contributed by atoms with van der Waals surface area (Å²) >= 11 is 0. The van der Waals surface area contributed by atoms with E-state index in [2.05, 4.69) is 38.2 Å². The molecular formula is C56H105NO7. The lowest BCUT2D eigenvalue weighted by molar-refractivity contribution is -0.889. The van der Waals surface area contributed by atoms with E-state index in [-0.39, 0.29) is 42.7 Å². The predicted octanol–water partition coefficient (Wildman–Crippen LogP) is 14.6. The number of carbonyl (C=O) groups excluding carboxylic acids is 3. The molecule has 0 fully saturated rings. The van der Waals surface area contributed by atoms with Crippen LogP contribution in [0, 0.1) is 0 Å². The van der Waals surface area contributed by atoms with Gasteiger partial charge in [0.2, 0.25) is 0 Å². The van der Waals surface area contributed by atoms with Gasteiger partial charge in [0.15, 0.2) is 6.10 Å². The molecule has 8 heteroatoms. The fourth-order valence-electron chi connectivity index (χ4n) is 8.36. The van der Waals surface area contributed by atoms with E-state index in [4.69, 9.17) is 14.2 Å². The van der Waals surface area contributed by atoms with Gasteiger partial charge in [0.05, 0.1) is 40.3 Å². The number of carboxylic acids is 1. The molecule has 0 aromatic rings. The first-order valence-electron chi connectivity index (χ1n) is 27.4. The van der Waals surface area contributed by atoms with Crippen LogP contribution in [0.1, 0.15) is 264 Å². The molecule has 2 atom stereocenters. The zero-order valence-electron chi connectivity index (χ0n) is 43.0. The number of hydrogen-bond acceptors (Lipinski definition) is 7. The maximum absolute atomic E-state index is 12.8. The van der Waals surface area contributed by atoms with E-state index in [1.54, 1.807) is 0 Å². The number of carbonyl (C=O) groups is 3. The summed E-state index contributed by atoms with van der Waals surface area (Å²) in [6, 6.07) is -0.724. The maximum atomic E-state index is 12.8. The van der Waals surface area contributed by atoms with Crippen molar-refractivity contribution in [2.24, 2.45) is 0 Å². The molecule has 0 rings (SSSR count). The Morgan fingerprint density at radius 3 is 1.19 bits per heavy atom. The summed E-state index contributed by atoms with van der Waals surface area (Å²) in [4.78, 5) is 37.1. The lowest BCUT2D eigenvalue weighted by Crippen LogP contribution is -2.55. The average Bonchev–Trinajstić information content (AvgIpc) is 3.26. The van der Waals surface area contributed by atoms with Crippen LogP contribution >= 0.6 is 0 Å². The van der Waals surface area contributed by atoms with E-state index in [1.165, 1.54) is 193 Å². The minimum Gasteiger partial charge on any atom is -0.544 e. The van der Waals surface area contributed by atoms with Gasteiger partial charge in [0, 0.05) is 19.3 Å². The molecule has 64 heavy (non-hydrogen) atoms. The molecule has 0 amide bonds. The highest BCUT2D eigenvalue weighted by atomic mass is 16.6. The highest BCUT2D eigenvalue weighted by Crippen LogP contribution is 2.17. The first kappa shape index (κ1) is 61.8. The Morgan fingerprint density at radius 1 is 0.469 bits per heavy atom. The predicted molar refractivity (Wildman–Crippen MR) is 268 cm³/mol. The fraction of sp³-hybridized carbons (Fsp3) is 0.875. The van der Waals surface area contributed by atoms with Gasteiger partial charge < -0.3 is 28.6 Å². The molecule has 0 spiro atoms. The fourth-order valence-corrected chi connectivity index (χ4v) is 8.36. The van der Waals surface area contributed by atoms with Crippen molar-refractivity contribution >= 4 is 17.9 Å². The van der Waals surface area contributed by atoms with Crippen molar-refractivity contribution in [3.63, 3.8) is 0 Å². The molecule has 0 saturated heterocycles. The van der Waals surface area contributed by atoms with Crippen LogP contribution in [0.15, 0.2) is 24.3 Å². The molecule has 0 N–H and O–H groups in total. The summed E-state index contributed by atoms with van der Waals surface area (Å²) < 4.78 is 17.3. The van der Waals surface area contributed by atoms with Crippen molar-refractivity contribution in [2.75, 3.05) is 41.0 Å². The summed E-state index contributed by atoms with van der Waals surface area (Å²) in [6.45, 7) is 4.69. The normalized spacial score (nSPS) is 13.0. The Labute approximate surface area is 396 Å². The van der Waals surface area contributed by atoms with E-state index in [0.29, 0.717) is 12.8 Å². The average molecular weight is 904 g/mol. The molecule has 0 aromatic carbocycles. The van der Waals surface area contributed by atoms with Gasteiger partial charge in [-0.1, -0.05) is 231 Å². The Morgan fingerprint density at radius 2 is 0.812 bits per heavy atom. The van der Waals surface area contributed by atoms with Crippen molar-refractivity contribution < 1.29 is 38.2 Å². The summed E-state index contributed by atoms with van der Waals surface area (Å²) in [6.07, 6.45) is 54.9. The quantitative estimate of drug-likeness (QED) is 0.0259. The maximum Gasteiger partial charge on any atom is 0.306 e. The molecule has 0 aliphatic heterocycles. The topological polar surface area (TPSA) is 102 Å². The number of hydrogen-bond donors (Lipinski definition) is 0. The second-order valence-electron chi connectivity index (χ2n) is 19.9. The molecule has 0 bridgehead atoms. The van der Waals surface area contributed by atoms with E-state index in [1.807, 2.05) is 21.1 Å². The van der Waals surface area contributed by atoms with E-state index in [9.17, 15) is 19.5 Å². The van der Waals surface area contributed by atoms with Crippen LogP contribution in [0.5, 0.6) is 0 Å². The third-order valence-corrected chi connectivity index (χ3v) is 12.6. The number of carboxylic acid groups (broad SMARTS) is 1. The molecule has 0 aliphatic carbocycles. The molecule has 0 aliphatic rings. The molecule has 0 aromatic heterocycles. The first-order valence-corrected chi connectivity index (χ1v) is 27.4. The SMILES string of the molecule is CCCCCC/C=C/C=C/CCCCCCCCCCCCC(=O)OC(COCCC(C(=O)[O-])[N+](C)(C)C)COC(=O)CCCCCCCCCCCCCCCCCCCCCC. The van der Waals surface area contributed by atoms with Crippen LogP contribution in [0.2, 0.25) is 0 Å². The van der Waals surface area contributed by atoms with Crippen molar-refractivity contribution in [3.8, 4) is 0 Å². The number of aliphatic carboxylic acids is 1. The van der Waals surface area contributed by atoms with Crippen LogP contribution in [-0.4, -0.2) is 75.5 Å². The lowest BCUT2D eigenvalue weighted by atomic mass is 10.0. The second kappa shape index (κ2) is 47.3. The number of rotatable bonds is 50. The third-order valence-electron chi connectivity index (χ3n) is 12.6. The summed E-state index contributed by atoms with van der Waals surface area (Å²) in [5.74, 6) is -1.72. The number of unbranched alkanes of at least 4 members (excludes halogenated alkanes) is 33. The monoisotopic (exact) mass is 904 g/mol. The van der Waals surface area contributed by atoms with Crippen molar-refractivity contribution in [1.29, 1.82) is 0 Å². The second-order valence-corrected chi connectivity index (χ2v) is 19.9. The summed E-state index contributed by atoms with van der Waals surface area (Å²) in [5, 5.41) is 11.7. The number of nitrogens with zero attached hydrogens (tertiary/aromatic N) is 1. The highest BCUT2D eigenvalue weighted by molar-refractivity contribution is 5.70. The number of esters is 2. The number of quaternary nitrogens is 1. The van der Waals surface area contributed by atoms with E-state index < -0.39 is 18.1 Å². The van der Waals surface area contributed by atoms with Crippen LogP contribution in [-0.2, 0) is 28.6 Å². The number of ether oxygens (including phenoxy) is 3. The van der Waals surface area contributed by atoms with Crippen molar-refractivity contribution in [3.05, 3.63) is 24.3 Å². The summed E-state index contributed by atoms with van der Waals surface area (Å²) in [7, 11) is 5.43. The minimum absolute atomic E-state index is 0.0442. The van der Waals surface area contributed by atoms with Gasteiger partial charge in [-0.05, 0) is 38.5 Å². The van der Waals surface area contributed by atoms with Gasteiger partial charge in [0.1, 0.15) is 12.6 Å². The lowest BCUT2D eigenvalue weighted by Gasteiger charge is -2.34. The Bertz CT molecular complexity index is 1100. The van der Waals surface area contributed by atoms with Crippen LogP contribution < -0.4 is 5.11 Å². The standard InChI is InChI=1S/C56H105NO7/c1-6-8-10-12-14-16-18-20-22-24-26-28-30-32-34-36-38-40-42-44-46-54(58)63-51-52(50-62-49-48-53(56(60)61)57(3,4)5)64-55(59)47-45-43-41-39-37-35-33-31-29-27-25-23-21-19-17-15-13-11-9-7-2/h17,19,21,23,52-53H,6-16,18,20,22,24-51H2,1-5H3/b19-17+,23-21+. The van der Waals surface area contributed by atoms with Gasteiger partial charge in [0.25, 0.3) is 0 Å². The smallest absolute Gasteiger partial charge is 0.306 e. The van der Waals surface area contributed by atoms with Gasteiger partial charge >= 0.3 is 11.9 Å². The molecular weight excluding hydrogens is 799 g/mol. The Hall–Kier alpha value is -2.19.